The van der Waals surface area contributed by atoms with Crippen LogP contribution in [0.4, 0.5) is 0 Å². The normalized spacial score (nSPS) is 17.2. The minimum Gasteiger partial charge on any atom is -0.496 e. The summed E-state index contributed by atoms with van der Waals surface area (Å²) in [5.74, 6) is 1.36. The average molecular weight is 301 g/mol. The van der Waals surface area contributed by atoms with Gasteiger partial charge in [-0.25, -0.2) is 0 Å². The van der Waals surface area contributed by atoms with Crippen molar-refractivity contribution in [1.82, 2.24) is 10.6 Å². The van der Waals surface area contributed by atoms with Gasteiger partial charge in [0.05, 0.1) is 20.6 Å². The number of carbonyl (C=O) groups excluding carboxylic acids is 1. The zero-order valence-electron chi connectivity index (χ0n) is 11.8. The fraction of sp³-hybridized carbons (Fsp3) is 0.500. The Morgan fingerprint density at radius 2 is 2.00 bits per heavy atom. The van der Waals surface area contributed by atoms with E-state index in [1.54, 1.807) is 14.2 Å². The lowest BCUT2D eigenvalue weighted by molar-refractivity contribution is -0.121. The molecule has 0 spiro atoms. The second-order valence-corrected chi connectivity index (χ2v) is 4.58. The van der Waals surface area contributed by atoms with Gasteiger partial charge in [-0.05, 0) is 25.1 Å². The van der Waals surface area contributed by atoms with E-state index in [1.807, 2.05) is 18.2 Å². The van der Waals surface area contributed by atoms with Crippen LogP contribution in [0, 0.1) is 0 Å². The van der Waals surface area contributed by atoms with Crippen molar-refractivity contribution in [2.24, 2.45) is 0 Å². The number of hydrogen-bond acceptors (Lipinski definition) is 4. The highest BCUT2D eigenvalue weighted by molar-refractivity contribution is 5.85. The molecule has 1 aliphatic rings. The zero-order chi connectivity index (χ0) is 13.7. The van der Waals surface area contributed by atoms with E-state index in [0.29, 0.717) is 11.5 Å². The molecule has 1 amide bonds. The largest absolute Gasteiger partial charge is 0.496 e. The summed E-state index contributed by atoms with van der Waals surface area (Å²) in [6.45, 7) is 1.80. The molecular formula is C14H21ClN2O3. The van der Waals surface area contributed by atoms with Crippen LogP contribution in [0.2, 0.25) is 0 Å². The van der Waals surface area contributed by atoms with Gasteiger partial charge in [0.1, 0.15) is 11.5 Å². The number of carbonyl (C=O) groups is 1. The summed E-state index contributed by atoms with van der Waals surface area (Å²) in [5, 5.41) is 6.24. The number of ether oxygens (including phenoxy) is 2. The van der Waals surface area contributed by atoms with Crippen molar-refractivity contribution in [2.45, 2.75) is 18.9 Å². The quantitative estimate of drug-likeness (QED) is 0.856. The molecule has 6 heteroatoms. The topological polar surface area (TPSA) is 59.6 Å². The predicted octanol–water partition coefficient (Wildman–Crippen LogP) is 1.15. The van der Waals surface area contributed by atoms with E-state index < -0.39 is 0 Å². The zero-order valence-corrected chi connectivity index (χ0v) is 12.6. The van der Waals surface area contributed by atoms with E-state index in [0.717, 1.165) is 25.1 Å². The molecule has 20 heavy (non-hydrogen) atoms. The molecule has 1 unspecified atom stereocenters. The van der Waals surface area contributed by atoms with Crippen molar-refractivity contribution in [3.63, 3.8) is 0 Å². The summed E-state index contributed by atoms with van der Waals surface area (Å²) >= 11 is 0. The molecule has 1 aromatic carbocycles. The lowest BCUT2D eigenvalue weighted by Crippen LogP contribution is -2.37. The molecule has 2 rings (SSSR count). The van der Waals surface area contributed by atoms with Gasteiger partial charge in [0.25, 0.3) is 0 Å². The van der Waals surface area contributed by atoms with Crippen molar-refractivity contribution in [1.29, 1.82) is 0 Å². The van der Waals surface area contributed by atoms with Crippen molar-refractivity contribution < 1.29 is 14.3 Å². The van der Waals surface area contributed by atoms with Crippen LogP contribution in [-0.2, 0) is 11.2 Å². The molecule has 0 aromatic heterocycles. The maximum Gasteiger partial charge on any atom is 0.224 e. The highest BCUT2D eigenvalue weighted by atomic mass is 35.5. The van der Waals surface area contributed by atoms with Gasteiger partial charge in [-0.15, -0.1) is 12.4 Å². The summed E-state index contributed by atoms with van der Waals surface area (Å²) in [7, 11) is 3.19. The molecular weight excluding hydrogens is 280 g/mol. The molecule has 0 radical (unpaired) electrons. The summed E-state index contributed by atoms with van der Waals surface area (Å²) in [5.41, 5.74) is 0.788. The molecule has 0 saturated carbocycles. The monoisotopic (exact) mass is 300 g/mol. The van der Waals surface area contributed by atoms with Crippen molar-refractivity contribution in [3.8, 4) is 11.5 Å². The Balaban J connectivity index is 0.00000200. The minimum absolute atomic E-state index is 0. The first-order chi connectivity index (χ1) is 9.24. The molecule has 1 aromatic rings. The Kier molecular flexibility index (Phi) is 6.61. The number of nitrogens with one attached hydrogen (secondary N) is 2. The smallest absolute Gasteiger partial charge is 0.224 e. The third kappa shape index (κ3) is 4.02. The molecule has 2 N–H and O–H groups in total. The molecule has 1 saturated heterocycles. The number of hydrogen-bond donors (Lipinski definition) is 2. The van der Waals surface area contributed by atoms with Crippen molar-refractivity contribution >= 4 is 18.3 Å². The maximum atomic E-state index is 12.1. The fourth-order valence-corrected chi connectivity index (χ4v) is 2.32. The van der Waals surface area contributed by atoms with E-state index in [1.165, 1.54) is 0 Å². The Morgan fingerprint density at radius 1 is 1.35 bits per heavy atom. The predicted molar refractivity (Wildman–Crippen MR) is 79.9 cm³/mol. The van der Waals surface area contributed by atoms with Gasteiger partial charge in [0.15, 0.2) is 0 Å². The molecule has 1 fully saturated rings. The molecule has 1 aliphatic heterocycles. The van der Waals surface area contributed by atoms with Gasteiger partial charge in [-0.1, -0.05) is 6.07 Å². The molecule has 1 heterocycles. The Hall–Kier alpha value is -1.46. The van der Waals surface area contributed by atoms with Gasteiger partial charge in [-0.3, -0.25) is 4.79 Å². The highest BCUT2D eigenvalue weighted by Gasteiger charge is 2.19. The van der Waals surface area contributed by atoms with E-state index in [-0.39, 0.29) is 30.8 Å². The van der Waals surface area contributed by atoms with E-state index >= 15 is 0 Å². The maximum absolute atomic E-state index is 12.1. The molecule has 0 bridgehead atoms. The lowest BCUT2D eigenvalue weighted by Gasteiger charge is -2.15. The third-order valence-corrected chi connectivity index (χ3v) is 3.29. The van der Waals surface area contributed by atoms with Gasteiger partial charge >= 0.3 is 0 Å². The van der Waals surface area contributed by atoms with Crippen molar-refractivity contribution in [2.75, 3.05) is 27.3 Å². The second kappa shape index (κ2) is 7.97. The highest BCUT2D eigenvalue weighted by Crippen LogP contribution is 2.28. The second-order valence-electron chi connectivity index (χ2n) is 4.58. The summed E-state index contributed by atoms with van der Waals surface area (Å²) in [4.78, 5) is 12.1. The number of rotatable bonds is 5. The van der Waals surface area contributed by atoms with Gasteiger partial charge in [0.2, 0.25) is 5.91 Å². The molecule has 5 nitrogen and oxygen atoms in total. The van der Waals surface area contributed by atoms with Gasteiger partial charge in [-0.2, -0.15) is 0 Å². The van der Waals surface area contributed by atoms with Gasteiger partial charge < -0.3 is 20.1 Å². The molecule has 0 aliphatic carbocycles. The number of benzene rings is 1. The Morgan fingerprint density at radius 3 is 2.50 bits per heavy atom. The summed E-state index contributed by atoms with van der Waals surface area (Å²) < 4.78 is 10.6. The SMILES string of the molecule is COc1cccc(OC)c1CC(=O)NC1CCNC1.Cl. The van der Waals surface area contributed by atoms with E-state index in [4.69, 9.17) is 9.47 Å². The van der Waals surface area contributed by atoms with E-state index in [2.05, 4.69) is 10.6 Å². The van der Waals surface area contributed by atoms with Crippen LogP contribution in [0.1, 0.15) is 12.0 Å². The van der Waals surface area contributed by atoms with E-state index in [9.17, 15) is 4.79 Å². The number of methoxy groups -OCH3 is 2. The van der Waals surface area contributed by atoms with Crippen LogP contribution in [0.15, 0.2) is 18.2 Å². The third-order valence-electron chi connectivity index (χ3n) is 3.29. The molecule has 112 valence electrons. The fourth-order valence-electron chi connectivity index (χ4n) is 2.32. The number of amides is 1. The van der Waals surface area contributed by atoms with Crippen LogP contribution < -0.4 is 20.1 Å². The Labute approximate surface area is 125 Å². The van der Waals surface area contributed by atoms with Crippen LogP contribution in [0.5, 0.6) is 11.5 Å². The Bertz CT molecular complexity index is 426. The standard InChI is InChI=1S/C14H20N2O3.ClH/c1-18-12-4-3-5-13(19-2)11(12)8-14(17)16-10-6-7-15-9-10;/h3-5,10,15H,6-9H2,1-2H3,(H,16,17);1H. The minimum atomic E-state index is -0.00324. The number of halogens is 1. The van der Waals surface area contributed by atoms with Gasteiger partial charge in [0, 0.05) is 18.2 Å². The molecule has 1 atom stereocenters. The van der Waals surface area contributed by atoms with Crippen LogP contribution in [-0.4, -0.2) is 39.3 Å². The summed E-state index contributed by atoms with van der Waals surface area (Å²) in [6, 6.07) is 5.75. The lowest BCUT2D eigenvalue weighted by atomic mass is 10.1. The first-order valence-corrected chi connectivity index (χ1v) is 6.44. The van der Waals surface area contributed by atoms with Crippen LogP contribution in [0.3, 0.4) is 0 Å². The average Bonchev–Trinajstić information content (AvgIpc) is 2.91. The van der Waals surface area contributed by atoms with Crippen LogP contribution in [0.25, 0.3) is 0 Å². The van der Waals surface area contributed by atoms with Crippen molar-refractivity contribution in [3.05, 3.63) is 23.8 Å². The first-order valence-electron chi connectivity index (χ1n) is 6.44. The first kappa shape index (κ1) is 16.6. The van der Waals surface area contributed by atoms with Crippen LogP contribution >= 0.6 is 12.4 Å². The summed E-state index contributed by atoms with van der Waals surface area (Å²) in [6.07, 6.45) is 1.25.